The van der Waals surface area contributed by atoms with E-state index in [1.54, 1.807) is 6.92 Å². The Kier molecular flexibility index (Phi) is 13.0. The molecule has 5 rings (SSSR count). The zero-order valence-electron chi connectivity index (χ0n) is 35.3. The highest BCUT2D eigenvalue weighted by Gasteiger charge is 2.72. The number of fused-ring (bicyclic) bond motifs is 3. The van der Waals surface area contributed by atoms with E-state index in [4.69, 9.17) is 24.7 Å². The summed E-state index contributed by atoms with van der Waals surface area (Å²) in [4.78, 5) is 63.2. The highest BCUT2D eigenvalue weighted by atomic mass is 16.6. The van der Waals surface area contributed by atoms with Gasteiger partial charge in [-0.25, -0.2) is 4.79 Å². The molecule has 56 heavy (non-hydrogen) atoms. The Labute approximate surface area is 333 Å². The molecule has 1 saturated heterocycles. The molecule has 12 atom stereocenters. The summed E-state index contributed by atoms with van der Waals surface area (Å²) in [7, 11) is 0. The maximum absolute atomic E-state index is 13.7. The van der Waals surface area contributed by atoms with Crippen molar-refractivity contribution in [1.29, 1.82) is 0 Å². The van der Waals surface area contributed by atoms with Crippen LogP contribution in [0.25, 0.3) is 0 Å². The van der Waals surface area contributed by atoms with Crippen molar-refractivity contribution in [3.63, 3.8) is 0 Å². The average Bonchev–Trinajstić information content (AvgIpc) is 3.11. The van der Waals surface area contributed by atoms with Gasteiger partial charge in [0.25, 0.3) is 0 Å². The van der Waals surface area contributed by atoms with Crippen molar-refractivity contribution in [2.75, 3.05) is 32.9 Å². The third-order valence-corrected chi connectivity index (χ3v) is 15.9. The molecule has 3 saturated carbocycles. The molecule has 1 heterocycles. The number of rotatable bonds is 14. The molecule has 2 bridgehead atoms. The lowest BCUT2D eigenvalue weighted by atomic mass is 9.34. The van der Waals surface area contributed by atoms with Crippen LogP contribution in [0.2, 0.25) is 0 Å². The van der Waals surface area contributed by atoms with Crippen LogP contribution in [0, 0.1) is 56.7 Å². The Bertz CT molecular complexity index is 1550. The number of carboxylic acid groups (broad SMARTS) is 1. The molecule has 13 heteroatoms. The predicted molar refractivity (Wildman–Crippen MR) is 209 cm³/mol. The number of unbranched alkanes of at least 4 members (excludes halogenated alkanes) is 1. The first-order chi connectivity index (χ1) is 26.2. The van der Waals surface area contributed by atoms with Crippen molar-refractivity contribution >= 4 is 29.9 Å². The lowest BCUT2D eigenvalue weighted by molar-refractivity contribution is -0.263. The molecule has 2 amide bonds. The van der Waals surface area contributed by atoms with Crippen molar-refractivity contribution in [2.45, 2.75) is 138 Å². The molecule has 4 aliphatic carbocycles. The van der Waals surface area contributed by atoms with Gasteiger partial charge in [-0.05, 0) is 105 Å². The number of carbonyl (C=O) groups excluding carboxylic acids is 4. The average molecular weight is 788 g/mol. The van der Waals surface area contributed by atoms with Crippen LogP contribution in [-0.2, 0) is 38.1 Å². The lowest BCUT2D eigenvalue weighted by Crippen LogP contribution is -2.70. The fraction of sp³-hybridized carbons (Fsp3) is 0.837. The van der Waals surface area contributed by atoms with Crippen LogP contribution in [0.1, 0.15) is 120 Å². The molecule has 0 radical (unpaired) electrons. The van der Waals surface area contributed by atoms with E-state index in [1.807, 2.05) is 0 Å². The van der Waals surface area contributed by atoms with E-state index < -0.39 is 70.3 Å². The van der Waals surface area contributed by atoms with Gasteiger partial charge in [0.1, 0.15) is 24.8 Å². The number of amides is 2. The summed E-state index contributed by atoms with van der Waals surface area (Å²) >= 11 is 0. The first-order valence-electron chi connectivity index (χ1n) is 21.0. The van der Waals surface area contributed by atoms with Crippen molar-refractivity contribution in [2.24, 2.45) is 62.4 Å². The quantitative estimate of drug-likeness (QED) is 0.0722. The summed E-state index contributed by atoms with van der Waals surface area (Å²) in [5, 5.41) is 16.1. The van der Waals surface area contributed by atoms with Gasteiger partial charge in [-0.15, -0.1) is 0 Å². The number of nitrogens with one attached hydrogen (secondary N) is 2. The second kappa shape index (κ2) is 16.6. The summed E-state index contributed by atoms with van der Waals surface area (Å²) in [6.07, 6.45) is 6.95. The van der Waals surface area contributed by atoms with Crippen molar-refractivity contribution in [3.8, 4) is 0 Å². The van der Waals surface area contributed by atoms with Crippen LogP contribution < -0.4 is 16.4 Å². The SMILES string of the molecule is CCOC(=O)CNC(=O)NCCCCC(N)C(=O)O[C@H]1[C@H](OC(C)=O)C[C@@]23COC[C@@]1(C)[C@@H]2CC[C@H]1C3=CC[C@@]2(C)[C@H](C(=O)O)[C@@](C)([C@H](C)C(C)C)CC[C@]12C. The van der Waals surface area contributed by atoms with Crippen molar-refractivity contribution in [3.05, 3.63) is 11.6 Å². The van der Waals surface area contributed by atoms with Gasteiger partial charge in [-0.2, -0.15) is 0 Å². The zero-order chi connectivity index (χ0) is 41.4. The van der Waals surface area contributed by atoms with Crippen LogP contribution >= 0.6 is 0 Å². The Morgan fingerprint density at radius 1 is 0.982 bits per heavy atom. The molecule has 13 nitrogen and oxygen atoms in total. The van der Waals surface area contributed by atoms with E-state index in [0.29, 0.717) is 57.8 Å². The molecule has 5 N–H and O–H groups in total. The van der Waals surface area contributed by atoms with Crippen molar-refractivity contribution < 1.29 is 48.0 Å². The highest BCUT2D eigenvalue weighted by Crippen LogP contribution is 2.75. The van der Waals surface area contributed by atoms with Gasteiger partial charge >= 0.3 is 29.9 Å². The summed E-state index contributed by atoms with van der Waals surface area (Å²) in [6.45, 7) is 19.7. The molecule has 5 aliphatic rings. The van der Waals surface area contributed by atoms with Gasteiger partial charge in [0.2, 0.25) is 0 Å². The monoisotopic (exact) mass is 787 g/mol. The number of ether oxygens (including phenoxy) is 4. The highest BCUT2D eigenvalue weighted by molar-refractivity contribution is 5.80. The second-order valence-electron chi connectivity index (χ2n) is 19.1. The number of allylic oxidation sites excluding steroid dienone is 1. The lowest BCUT2D eigenvalue weighted by Gasteiger charge is -2.71. The topological polar surface area (TPSA) is 193 Å². The summed E-state index contributed by atoms with van der Waals surface area (Å²) in [5.74, 6) is -1.90. The third kappa shape index (κ3) is 7.60. The van der Waals surface area contributed by atoms with Crippen LogP contribution in [0.5, 0.6) is 0 Å². The number of carboxylic acids is 1. The van der Waals surface area contributed by atoms with Crippen LogP contribution in [0.4, 0.5) is 4.79 Å². The minimum Gasteiger partial charge on any atom is -0.481 e. The summed E-state index contributed by atoms with van der Waals surface area (Å²) in [5.41, 5.74) is 5.51. The molecule has 0 aromatic heterocycles. The largest absolute Gasteiger partial charge is 0.481 e. The number of hydrogen-bond acceptors (Lipinski definition) is 10. The summed E-state index contributed by atoms with van der Waals surface area (Å²) < 4.78 is 23.7. The Balaban J connectivity index is 1.34. The smallest absolute Gasteiger partial charge is 0.325 e. The maximum atomic E-state index is 13.7. The van der Waals surface area contributed by atoms with E-state index in [9.17, 15) is 29.1 Å². The number of hydrogen-bond donors (Lipinski definition) is 4. The van der Waals surface area contributed by atoms with Gasteiger partial charge < -0.3 is 40.4 Å². The number of urea groups is 1. The van der Waals surface area contributed by atoms with Crippen LogP contribution in [-0.4, -0.2) is 86.2 Å². The fourth-order valence-corrected chi connectivity index (χ4v) is 12.6. The summed E-state index contributed by atoms with van der Waals surface area (Å²) in [6, 6.07) is -1.41. The minimum absolute atomic E-state index is 0.0891. The van der Waals surface area contributed by atoms with E-state index >= 15 is 0 Å². The zero-order valence-corrected chi connectivity index (χ0v) is 35.3. The minimum atomic E-state index is -0.919. The van der Waals surface area contributed by atoms with E-state index in [2.05, 4.69) is 65.2 Å². The van der Waals surface area contributed by atoms with Crippen LogP contribution in [0.15, 0.2) is 11.6 Å². The van der Waals surface area contributed by atoms with Gasteiger partial charge in [0.05, 0.1) is 25.7 Å². The third-order valence-electron chi connectivity index (χ3n) is 15.9. The number of aliphatic carboxylic acids is 1. The number of esters is 3. The van der Waals surface area contributed by atoms with Gasteiger partial charge in [0.15, 0.2) is 0 Å². The van der Waals surface area contributed by atoms with E-state index in [-0.39, 0.29) is 41.7 Å². The second-order valence-corrected chi connectivity index (χ2v) is 19.1. The number of carbonyl (C=O) groups is 5. The van der Waals surface area contributed by atoms with E-state index in [0.717, 1.165) is 25.7 Å². The first kappa shape index (κ1) is 43.9. The first-order valence-corrected chi connectivity index (χ1v) is 21.0. The van der Waals surface area contributed by atoms with Gasteiger partial charge in [0, 0.05) is 24.3 Å². The molecule has 316 valence electrons. The maximum Gasteiger partial charge on any atom is 0.325 e. The van der Waals surface area contributed by atoms with Crippen LogP contribution in [0.3, 0.4) is 0 Å². The molecular formula is C43H69N3O10. The molecule has 1 unspecified atom stereocenters. The molecule has 0 aromatic rings. The predicted octanol–water partition coefficient (Wildman–Crippen LogP) is 5.78. The standard InChI is InChI=1S/C43H69N3O10/c1-10-54-33(48)22-46-38(52)45-20-12-11-13-30(44)37(51)56-35-31(55-27(5)47)21-43-24-53-23-40(35,7)32(43)15-14-28-29(43)16-17-42(9)34(36(49)50)39(6,26(4)25(2)3)18-19-41(28,42)8/h16,25-26,28,30-32,34-35H,10-15,17-24,44H2,1-9H3,(H,49,50)(H2,45,46,52)/t26-,28+,30?,31-,32+,34-,35+,39-,40+,41-,42+,43+/m1/s1. The van der Waals surface area contributed by atoms with Gasteiger partial charge in [-0.3, -0.25) is 19.2 Å². The molecule has 1 aliphatic heterocycles. The fourth-order valence-electron chi connectivity index (χ4n) is 12.6. The molecular weight excluding hydrogens is 718 g/mol. The normalized spacial score (nSPS) is 38.3. The Morgan fingerprint density at radius 3 is 2.34 bits per heavy atom. The van der Waals surface area contributed by atoms with Gasteiger partial charge in [-0.1, -0.05) is 60.1 Å². The Hall–Kier alpha value is -3.19. The molecule has 0 aromatic carbocycles. The number of nitrogens with two attached hydrogens (primary N) is 1. The Morgan fingerprint density at radius 2 is 1.70 bits per heavy atom. The van der Waals surface area contributed by atoms with E-state index in [1.165, 1.54) is 12.5 Å². The van der Waals surface area contributed by atoms with Crippen molar-refractivity contribution in [1.82, 2.24) is 10.6 Å². The molecule has 0 spiro atoms. The molecule has 4 fully saturated rings.